The van der Waals surface area contributed by atoms with Crippen LogP contribution in [0.4, 0.5) is 0 Å². The molecule has 1 amide bonds. The number of rotatable bonds is 5. The van der Waals surface area contributed by atoms with Gasteiger partial charge in [0.25, 0.3) is 0 Å². The second-order valence-corrected chi connectivity index (χ2v) is 8.84. The number of methoxy groups -OCH3 is 1. The minimum atomic E-state index is -0.521. The Morgan fingerprint density at radius 2 is 1.91 bits per heavy atom. The van der Waals surface area contributed by atoms with Gasteiger partial charge < -0.3 is 19.1 Å². The maximum absolute atomic E-state index is 12.9. The van der Waals surface area contributed by atoms with E-state index in [1.807, 2.05) is 56.0 Å². The molecule has 0 saturated carbocycles. The fourth-order valence-corrected chi connectivity index (χ4v) is 4.77. The van der Waals surface area contributed by atoms with Crippen molar-refractivity contribution in [3.63, 3.8) is 0 Å². The van der Waals surface area contributed by atoms with Crippen molar-refractivity contribution in [2.45, 2.75) is 45.6 Å². The summed E-state index contributed by atoms with van der Waals surface area (Å²) in [5.74, 6) is 2.09. The van der Waals surface area contributed by atoms with Gasteiger partial charge in [-0.05, 0) is 61.7 Å². The zero-order chi connectivity index (χ0) is 23.6. The quantitative estimate of drug-likeness (QED) is 0.617. The number of ketones is 1. The van der Waals surface area contributed by atoms with E-state index in [1.54, 1.807) is 19.3 Å². The molecule has 2 heterocycles. The van der Waals surface area contributed by atoms with Crippen molar-refractivity contribution >= 4 is 17.8 Å². The van der Waals surface area contributed by atoms with E-state index in [9.17, 15) is 9.59 Å². The lowest BCUT2D eigenvalue weighted by Crippen LogP contribution is -2.52. The minimum absolute atomic E-state index is 0.0491. The normalized spacial score (nSPS) is 17.1. The SMILES string of the molecule is CCOc1ccc(/C=C/C(=O)N2CCC3(CC2)CC(=O)c2c(C)cc(C)cc2O3)cc1OC. The molecule has 174 valence electrons. The number of carbonyl (C=O) groups excluding carboxylic acids is 2. The van der Waals surface area contributed by atoms with Crippen LogP contribution in [0.2, 0.25) is 0 Å². The van der Waals surface area contributed by atoms with Gasteiger partial charge in [-0.2, -0.15) is 0 Å². The van der Waals surface area contributed by atoms with Crippen molar-refractivity contribution in [2.24, 2.45) is 0 Å². The van der Waals surface area contributed by atoms with Gasteiger partial charge in [0.1, 0.15) is 11.4 Å². The lowest BCUT2D eigenvalue weighted by Gasteiger charge is -2.44. The number of ether oxygens (including phenoxy) is 3. The smallest absolute Gasteiger partial charge is 0.246 e. The largest absolute Gasteiger partial charge is 0.493 e. The van der Waals surface area contributed by atoms with Crippen molar-refractivity contribution < 1.29 is 23.8 Å². The predicted octanol–water partition coefficient (Wildman–Crippen LogP) is 4.75. The maximum Gasteiger partial charge on any atom is 0.246 e. The van der Waals surface area contributed by atoms with E-state index in [0.717, 1.165) is 16.7 Å². The lowest BCUT2D eigenvalue weighted by molar-refractivity contribution is -0.129. The average molecular weight is 450 g/mol. The first-order chi connectivity index (χ1) is 15.8. The van der Waals surface area contributed by atoms with Crippen molar-refractivity contribution in [3.05, 3.63) is 58.7 Å². The van der Waals surface area contributed by atoms with Crippen LogP contribution in [-0.4, -0.2) is 49.0 Å². The van der Waals surface area contributed by atoms with E-state index in [0.29, 0.717) is 61.8 Å². The molecule has 4 rings (SSSR count). The molecular formula is C27H31NO5. The minimum Gasteiger partial charge on any atom is -0.493 e. The van der Waals surface area contributed by atoms with Crippen LogP contribution in [0.1, 0.15) is 53.2 Å². The summed E-state index contributed by atoms with van der Waals surface area (Å²) in [5.41, 5.74) is 3.10. The molecular weight excluding hydrogens is 418 g/mol. The number of aryl methyl sites for hydroxylation is 2. The Morgan fingerprint density at radius 3 is 2.61 bits per heavy atom. The first-order valence-electron chi connectivity index (χ1n) is 11.5. The summed E-state index contributed by atoms with van der Waals surface area (Å²) in [4.78, 5) is 27.5. The Balaban J connectivity index is 1.41. The third-order valence-corrected chi connectivity index (χ3v) is 6.42. The number of nitrogens with zero attached hydrogens (tertiary/aromatic N) is 1. The van der Waals surface area contributed by atoms with Crippen LogP contribution in [-0.2, 0) is 4.79 Å². The highest BCUT2D eigenvalue weighted by Gasteiger charge is 2.44. The molecule has 0 aliphatic carbocycles. The van der Waals surface area contributed by atoms with Gasteiger partial charge in [-0.15, -0.1) is 0 Å². The molecule has 2 aromatic carbocycles. The molecule has 0 N–H and O–H groups in total. The summed E-state index contributed by atoms with van der Waals surface area (Å²) in [7, 11) is 1.60. The fraction of sp³-hybridized carbons (Fsp3) is 0.407. The molecule has 6 heteroatoms. The van der Waals surface area contributed by atoms with Crippen molar-refractivity contribution in [2.75, 3.05) is 26.8 Å². The van der Waals surface area contributed by atoms with E-state index in [-0.39, 0.29) is 11.7 Å². The fourth-order valence-electron chi connectivity index (χ4n) is 4.77. The van der Waals surface area contributed by atoms with Gasteiger partial charge in [0, 0.05) is 32.0 Å². The summed E-state index contributed by atoms with van der Waals surface area (Å²) in [6.07, 6.45) is 5.02. The average Bonchev–Trinajstić information content (AvgIpc) is 2.78. The molecule has 0 bridgehead atoms. The summed E-state index contributed by atoms with van der Waals surface area (Å²) in [6, 6.07) is 9.56. The first kappa shape index (κ1) is 22.9. The third-order valence-electron chi connectivity index (χ3n) is 6.42. The van der Waals surface area contributed by atoms with Crippen LogP contribution in [0.5, 0.6) is 17.2 Å². The van der Waals surface area contributed by atoms with Crippen molar-refractivity contribution in [3.8, 4) is 17.2 Å². The number of Topliss-reactive ketones (excluding diaryl/α,β-unsaturated/α-hetero) is 1. The van der Waals surface area contributed by atoms with Crippen molar-refractivity contribution in [1.29, 1.82) is 0 Å². The maximum atomic E-state index is 12.9. The number of likely N-dealkylation sites (tertiary alicyclic amines) is 1. The zero-order valence-corrected chi connectivity index (χ0v) is 19.8. The topological polar surface area (TPSA) is 65.1 Å². The van der Waals surface area contributed by atoms with E-state index in [1.165, 1.54) is 0 Å². The molecule has 0 unspecified atom stereocenters. The molecule has 1 fully saturated rings. The number of carbonyl (C=O) groups is 2. The lowest BCUT2D eigenvalue weighted by atomic mass is 9.81. The number of hydrogen-bond acceptors (Lipinski definition) is 5. The monoisotopic (exact) mass is 449 g/mol. The standard InChI is InChI=1S/C27H31NO5/c1-5-32-22-8-6-20(16-23(22)31-4)7-9-25(30)28-12-10-27(11-13-28)17-21(29)26-19(3)14-18(2)15-24(26)33-27/h6-9,14-16H,5,10-13,17H2,1-4H3/b9-7+. The second kappa shape index (κ2) is 9.30. The summed E-state index contributed by atoms with van der Waals surface area (Å²) in [5, 5.41) is 0. The molecule has 6 nitrogen and oxygen atoms in total. The van der Waals surface area contributed by atoms with Gasteiger partial charge in [0.2, 0.25) is 5.91 Å². The second-order valence-electron chi connectivity index (χ2n) is 8.84. The van der Waals surface area contributed by atoms with Gasteiger partial charge in [-0.1, -0.05) is 12.1 Å². The molecule has 2 aromatic rings. The molecule has 1 saturated heterocycles. The molecule has 0 radical (unpaired) electrons. The van der Waals surface area contributed by atoms with Crippen LogP contribution in [0, 0.1) is 13.8 Å². The number of amides is 1. The van der Waals surface area contributed by atoms with Gasteiger partial charge in [0.05, 0.1) is 25.7 Å². The Kier molecular flexibility index (Phi) is 6.45. The van der Waals surface area contributed by atoms with E-state index in [2.05, 4.69) is 0 Å². The highest BCUT2D eigenvalue weighted by Crippen LogP contribution is 2.41. The van der Waals surface area contributed by atoms with Crippen molar-refractivity contribution in [1.82, 2.24) is 4.90 Å². The molecule has 0 atom stereocenters. The van der Waals surface area contributed by atoms with Crippen LogP contribution in [0.25, 0.3) is 6.08 Å². The molecule has 2 aliphatic heterocycles. The van der Waals surface area contributed by atoms with Gasteiger partial charge in [0.15, 0.2) is 17.3 Å². The first-order valence-corrected chi connectivity index (χ1v) is 11.5. The zero-order valence-electron chi connectivity index (χ0n) is 19.8. The van der Waals surface area contributed by atoms with E-state index < -0.39 is 5.60 Å². The Hall–Kier alpha value is -3.28. The highest BCUT2D eigenvalue weighted by molar-refractivity contribution is 6.02. The number of hydrogen-bond donors (Lipinski definition) is 0. The Labute approximate surface area is 195 Å². The van der Waals surface area contributed by atoms with Crippen LogP contribution >= 0.6 is 0 Å². The van der Waals surface area contributed by atoms with Crippen LogP contribution in [0.15, 0.2) is 36.4 Å². The Bertz CT molecular complexity index is 1100. The van der Waals surface area contributed by atoms with Gasteiger partial charge >= 0.3 is 0 Å². The van der Waals surface area contributed by atoms with Crippen LogP contribution in [0.3, 0.4) is 0 Å². The van der Waals surface area contributed by atoms with Gasteiger partial charge in [-0.3, -0.25) is 9.59 Å². The van der Waals surface area contributed by atoms with Gasteiger partial charge in [-0.25, -0.2) is 0 Å². The molecule has 33 heavy (non-hydrogen) atoms. The molecule has 0 aromatic heterocycles. The number of piperidine rings is 1. The molecule has 1 spiro atoms. The van der Waals surface area contributed by atoms with Crippen LogP contribution < -0.4 is 14.2 Å². The predicted molar refractivity (Wildman–Crippen MR) is 127 cm³/mol. The number of fused-ring (bicyclic) bond motifs is 1. The van der Waals surface area contributed by atoms with E-state index in [4.69, 9.17) is 14.2 Å². The highest BCUT2D eigenvalue weighted by atomic mass is 16.5. The number of benzene rings is 2. The summed E-state index contributed by atoms with van der Waals surface area (Å²) in [6.45, 7) is 7.56. The molecule has 2 aliphatic rings. The van der Waals surface area contributed by atoms with E-state index >= 15 is 0 Å². The summed E-state index contributed by atoms with van der Waals surface area (Å²) < 4.78 is 17.3. The third kappa shape index (κ3) is 4.75. The summed E-state index contributed by atoms with van der Waals surface area (Å²) >= 11 is 0. The Morgan fingerprint density at radius 1 is 1.15 bits per heavy atom.